The summed E-state index contributed by atoms with van der Waals surface area (Å²) in [4.78, 5) is 10.4. The van der Waals surface area contributed by atoms with Gasteiger partial charge in [0.05, 0.1) is 0 Å². The molecule has 8 heavy (non-hydrogen) atoms. The molecule has 1 heterocycles. The minimum atomic E-state index is -0.370. The SMILES string of the molecule is C[C@@H]1C[C@H](N)C(=O)O1. The van der Waals surface area contributed by atoms with Crippen LogP contribution in [0.25, 0.3) is 0 Å². The number of nitrogens with two attached hydrogens (primary N) is 1. The minimum Gasteiger partial charge on any atom is -0.461 e. The van der Waals surface area contributed by atoms with Crippen LogP contribution in [0.2, 0.25) is 0 Å². The Kier molecular flexibility index (Phi) is 1.21. The number of cyclic esters (lactones) is 1. The molecule has 0 aliphatic carbocycles. The van der Waals surface area contributed by atoms with Crippen molar-refractivity contribution in [2.45, 2.75) is 25.5 Å². The Morgan fingerprint density at radius 2 is 2.50 bits per heavy atom. The standard InChI is InChI=1S/C5H9NO2/c1-3-2-4(6)5(7)8-3/h3-4H,2,6H2,1H3/t3-,4+/m1/s1. The van der Waals surface area contributed by atoms with Crippen LogP contribution in [0.5, 0.6) is 0 Å². The molecule has 3 nitrogen and oxygen atoms in total. The lowest BCUT2D eigenvalue weighted by atomic mass is 10.2. The molecule has 0 aromatic heterocycles. The highest BCUT2D eigenvalue weighted by molar-refractivity contribution is 5.77. The Labute approximate surface area is 47.8 Å². The van der Waals surface area contributed by atoms with Gasteiger partial charge in [-0.25, -0.2) is 0 Å². The third-order valence-electron chi connectivity index (χ3n) is 1.21. The summed E-state index contributed by atoms with van der Waals surface area (Å²) in [5.74, 6) is -0.266. The summed E-state index contributed by atoms with van der Waals surface area (Å²) in [6.07, 6.45) is 0.691. The maximum Gasteiger partial charge on any atom is 0.323 e. The van der Waals surface area contributed by atoms with Gasteiger partial charge in [0.2, 0.25) is 0 Å². The van der Waals surface area contributed by atoms with Gasteiger partial charge in [-0.05, 0) is 6.92 Å². The molecule has 46 valence electrons. The highest BCUT2D eigenvalue weighted by Gasteiger charge is 2.27. The average Bonchev–Trinajstić information content (AvgIpc) is 1.85. The van der Waals surface area contributed by atoms with E-state index >= 15 is 0 Å². The summed E-state index contributed by atoms with van der Waals surface area (Å²) >= 11 is 0. The van der Waals surface area contributed by atoms with Gasteiger partial charge >= 0.3 is 5.97 Å². The summed E-state index contributed by atoms with van der Waals surface area (Å²) in [5, 5.41) is 0. The molecule has 2 atom stereocenters. The number of carbonyl (C=O) groups excluding carboxylic acids is 1. The van der Waals surface area contributed by atoms with Crippen molar-refractivity contribution < 1.29 is 9.53 Å². The summed E-state index contributed by atoms with van der Waals surface area (Å²) < 4.78 is 4.71. The zero-order chi connectivity index (χ0) is 6.15. The molecule has 0 aromatic rings. The predicted octanol–water partition coefficient (Wildman–Crippen LogP) is -0.351. The van der Waals surface area contributed by atoms with Crippen molar-refractivity contribution in [3.8, 4) is 0 Å². The van der Waals surface area contributed by atoms with Gasteiger partial charge in [0.25, 0.3) is 0 Å². The van der Waals surface area contributed by atoms with Gasteiger partial charge in [-0.3, -0.25) is 4.79 Å². The number of hydrogen-bond acceptors (Lipinski definition) is 3. The van der Waals surface area contributed by atoms with Crippen molar-refractivity contribution in [1.82, 2.24) is 0 Å². The molecule has 0 radical (unpaired) electrons. The van der Waals surface area contributed by atoms with Crippen molar-refractivity contribution >= 4 is 5.97 Å². The molecule has 3 heteroatoms. The smallest absolute Gasteiger partial charge is 0.323 e. The van der Waals surface area contributed by atoms with E-state index in [1.807, 2.05) is 6.92 Å². The van der Waals surface area contributed by atoms with E-state index in [9.17, 15) is 4.79 Å². The van der Waals surface area contributed by atoms with Gasteiger partial charge in [0, 0.05) is 6.42 Å². The van der Waals surface area contributed by atoms with Crippen LogP contribution >= 0.6 is 0 Å². The lowest BCUT2D eigenvalue weighted by Crippen LogP contribution is -2.24. The van der Waals surface area contributed by atoms with Crippen LogP contribution in [0.1, 0.15) is 13.3 Å². The van der Waals surface area contributed by atoms with Crippen LogP contribution in [0.3, 0.4) is 0 Å². The molecule has 1 saturated heterocycles. The van der Waals surface area contributed by atoms with Crippen molar-refractivity contribution in [3.63, 3.8) is 0 Å². The van der Waals surface area contributed by atoms with Crippen LogP contribution in [0, 0.1) is 0 Å². The minimum absolute atomic E-state index is 0.0255. The van der Waals surface area contributed by atoms with Gasteiger partial charge < -0.3 is 10.5 Å². The molecule has 1 aliphatic heterocycles. The second kappa shape index (κ2) is 1.74. The number of carbonyl (C=O) groups is 1. The summed E-state index contributed by atoms with van der Waals surface area (Å²) in [6, 6.07) is -0.370. The first-order chi connectivity index (χ1) is 3.70. The Morgan fingerprint density at radius 3 is 2.62 bits per heavy atom. The van der Waals surface area contributed by atoms with E-state index in [2.05, 4.69) is 0 Å². The molecule has 1 aliphatic rings. The highest BCUT2D eigenvalue weighted by Crippen LogP contribution is 2.10. The summed E-state index contributed by atoms with van der Waals surface area (Å²) in [7, 11) is 0. The van der Waals surface area contributed by atoms with Crippen LogP contribution < -0.4 is 5.73 Å². The van der Waals surface area contributed by atoms with Crippen molar-refractivity contribution in [2.75, 3.05) is 0 Å². The lowest BCUT2D eigenvalue weighted by molar-refractivity contribution is -0.141. The van der Waals surface area contributed by atoms with Crippen LogP contribution in [0.15, 0.2) is 0 Å². The predicted molar refractivity (Wildman–Crippen MR) is 28.1 cm³/mol. The first-order valence-corrected chi connectivity index (χ1v) is 2.66. The van der Waals surface area contributed by atoms with Gasteiger partial charge in [-0.15, -0.1) is 0 Å². The van der Waals surface area contributed by atoms with Crippen LogP contribution in [-0.2, 0) is 9.53 Å². The van der Waals surface area contributed by atoms with E-state index in [-0.39, 0.29) is 18.1 Å². The fourth-order valence-electron chi connectivity index (χ4n) is 0.788. The number of hydrogen-bond donors (Lipinski definition) is 1. The normalized spacial score (nSPS) is 37.5. The van der Waals surface area contributed by atoms with E-state index in [0.29, 0.717) is 6.42 Å². The average molecular weight is 115 g/mol. The molecule has 0 spiro atoms. The number of rotatable bonds is 0. The number of ether oxygens (including phenoxy) is 1. The van der Waals surface area contributed by atoms with Gasteiger partial charge in [0.15, 0.2) is 0 Å². The topological polar surface area (TPSA) is 52.3 Å². The molecule has 0 saturated carbocycles. The maximum atomic E-state index is 10.4. The van der Waals surface area contributed by atoms with E-state index < -0.39 is 0 Å². The summed E-state index contributed by atoms with van der Waals surface area (Å²) in [5.41, 5.74) is 5.29. The molecular formula is C5H9NO2. The van der Waals surface area contributed by atoms with Crippen molar-refractivity contribution in [2.24, 2.45) is 5.73 Å². The van der Waals surface area contributed by atoms with E-state index in [4.69, 9.17) is 10.5 Å². The first-order valence-electron chi connectivity index (χ1n) is 2.66. The molecule has 0 unspecified atom stereocenters. The maximum absolute atomic E-state index is 10.4. The zero-order valence-corrected chi connectivity index (χ0v) is 4.76. The molecule has 0 aromatic carbocycles. The quantitative estimate of drug-likeness (QED) is 0.439. The molecule has 2 N–H and O–H groups in total. The first kappa shape index (κ1) is 5.56. The largest absolute Gasteiger partial charge is 0.461 e. The Morgan fingerprint density at radius 1 is 1.88 bits per heavy atom. The second-order valence-corrected chi connectivity index (χ2v) is 2.09. The van der Waals surface area contributed by atoms with E-state index in [1.54, 1.807) is 0 Å². The molecule has 1 fully saturated rings. The third-order valence-corrected chi connectivity index (χ3v) is 1.21. The lowest BCUT2D eigenvalue weighted by Gasteiger charge is -1.95. The van der Waals surface area contributed by atoms with Gasteiger partial charge in [0.1, 0.15) is 12.1 Å². The zero-order valence-electron chi connectivity index (χ0n) is 4.76. The van der Waals surface area contributed by atoms with E-state index in [1.165, 1.54) is 0 Å². The van der Waals surface area contributed by atoms with Gasteiger partial charge in [-0.1, -0.05) is 0 Å². The molecule has 0 bridgehead atoms. The third kappa shape index (κ3) is 0.816. The van der Waals surface area contributed by atoms with Crippen molar-refractivity contribution in [1.29, 1.82) is 0 Å². The fraction of sp³-hybridized carbons (Fsp3) is 0.800. The Hall–Kier alpha value is -0.570. The molecule has 1 rings (SSSR count). The fourth-order valence-corrected chi connectivity index (χ4v) is 0.788. The van der Waals surface area contributed by atoms with Crippen LogP contribution in [-0.4, -0.2) is 18.1 Å². The molecule has 0 amide bonds. The van der Waals surface area contributed by atoms with Crippen LogP contribution in [0.4, 0.5) is 0 Å². The Balaban J connectivity index is 2.51. The van der Waals surface area contributed by atoms with Crippen molar-refractivity contribution in [3.05, 3.63) is 0 Å². The highest BCUT2D eigenvalue weighted by atomic mass is 16.6. The summed E-state index contributed by atoms with van der Waals surface area (Å²) in [6.45, 7) is 1.84. The number of esters is 1. The second-order valence-electron chi connectivity index (χ2n) is 2.09. The molecular weight excluding hydrogens is 106 g/mol. The monoisotopic (exact) mass is 115 g/mol. The van der Waals surface area contributed by atoms with Gasteiger partial charge in [-0.2, -0.15) is 0 Å². The Bertz CT molecular complexity index is 113. The van der Waals surface area contributed by atoms with E-state index in [0.717, 1.165) is 0 Å².